The molecule has 0 bridgehead atoms. The van der Waals surface area contributed by atoms with Crippen LogP contribution in [-0.4, -0.2) is 60.5 Å². The van der Waals surface area contributed by atoms with Crippen LogP contribution in [0.4, 0.5) is 0 Å². The smallest absolute Gasteiger partial charge is 0.472 e. The molecule has 0 aliphatic heterocycles. The molecule has 0 aromatic carbocycles. The first-order valence-electron chi connectivity index (χ1n) is 21.0. The second-order valence-electron chi connectivity index (χ2n) is 13.7. The van der Waals surface area contributed by atoms with Gasteiger partial charge in [0.05, 0.1) is 19.8 Å². The molecule has 10 nitrogen and oxygen atoms in total. The Morgan fingerprint density at radius 2 is 1.02 bits per heavy atom. The van der Waals surface area contributed by atoms with Gasteiger partial charge in [0.25, 0.3) is 0 Å². The molecule has 0 saturated carbocycles. The zero-order valence-corrected chi connectivity index (χ0v) is 35.1. The molecule has 4 N–H and O–H groups in total. The number of unbranched alkanes of at least 4 members (excludes halogenated alkanes) is 13. The molecular weight excluding hydrogens is 717 g/mol. The van der Waals surface area contributed by atoms with E-state index < -0.39 is 45.1 Å². The van der Waals surface area contributed by atoms with Gasteiger partial charge < -0.3 is 25.2 Å². The number of allylic oxidation sites excluding steroid dienone is 12. The van der Waals surface area contributed by atoms with Gasteiger partial charge in [0.1, 0.15) is 12.1 Å². The van der Waals surface area contributed by atoms with E-state index in [1.54, 1.807) is 0 Å². The Labute approximate surface area is 334 Å². The van der Waals surface area contributed by atoms with E-state index in [4.69, 9.17) is 29.4 Å². The zero-order chi connectivity index (χ0) is 40.5. The van der Waals surface area contributed by atoms with Crippen LogP contribution in [0.25, 0.3) is 0 Å². The Morgan fingerprint density at radius 3 is 1.47 bits per heavy atom. The van der Waals surface area contributed by atoms with Crippen LogP contribution in [0.15, 0.2) is 72.9 Å². The maximum atomic E-state index is 12.6. The maximum absolute atomic E-state index is 12.6. The molecule has 0 aliphatic rings. The number of rotatable bonds is 39. The summed E-state index contributed by atoms with van der Waals surface area (Å²) in [5.41, 5.74) is 5.34. The van der Waals surface area contributed by atoms with Crippen molar-refractivity contribution in [3.8, 4) is 0 Å². The predicted molar refractivity (Wildman–Crippen MR) is 226 cm³/mol. The van der Waals surface area contributed by atoms with Crippen molar-refractivity contribution < 1.29 is 42.7 Å². The van der Waals surface area contributed by atoms with Crippen molar-refractivity contribution in [3.05, 3.63) is 72.9 Å². The van der Waals surface area contributed by atoms with Crippen LogP contribution < -0.4 is 5.73 Å². The first-order chi connectivity index (χ1) is 26.7. The SMILES string of the molecule is CC/C=C\C/C=C\C/C=C\C/C=C\C/C=C\C/C=C\CCC(=O)O[C@H](COCCCCCCCCCCCCCCCC)COP(=O)(O)OC[C@H](N)C(=O)O. The van der Waals surface area contributed by atoms with Gasteiger partial charge in [-0.3, -0.25) is 18.6 Å². The fourth-order valence-electron chi connectivity index (χ4n) is 5.28. The number of ether oxygens (including phenoxy) is 2. The normalized spacial score (nSPS) is 14.7. The van der Waals surface area contributed by atoms with E-state index in [0.717, 1.165) is 57.8 Å². The number of carboxylic acids is 1. The molecule has 0 aromatic heterocycles. The highest BCUT2D eigenvalue weighted by Crippen LogP contribution is 2.43. The zero-order valence-electron chi connectivity index (χ0n) is 34.2. The second kappa shape index (κ2) is 39.6. The minimum Gasteiger partial charge on any atom is -0.480 e. The van der Waals surface area contributed by atoms with E-state index in [2.05, 4.69) is 74.6 Å². The van der Waals surface area contributed by atoms with Gasteiger partial charge >= 0.3 is 19.8 Å². The quantitative estimate of drug-likeness (QED) is 0.0237. The van der Waals surface area contributed by atoms with Gasteiger partial charge in [-0.1, -0.05) is 170 Å². The minimum atomic E-state index is -4.64. The van der Waals surface area contributed by atoms with Gasteiger partial charge in [0.15, 0.2) is 0 Å². The Hall–Kier alpha value is -2.59. The molecule has 316 valence electrons. The number of aliphatic carboxylic acids is 1. The van der Waals surface area contributed by atoms with Crippen LogP contribution in [-0.2, 0) is 32.7 Å². The summed E-state index contributed by atoms with van der Waals surface area (Å²) >= 11 is 0. The number of esters is 1. The summed E-state index contributed by atoms with van der Waals surface area (Å²) in [6.07, 6.45) is 48.2. The molecule has 0 saturated heterocycles. The van der Waals surface area contributed by atoms with E-state index in [0.29, 0.717) is 13.0 Å². The van der Waals surface area contributed by atoms with Gasteiger partial charge in [-0.25, -0.2) is 4.57 Å². The highest BCUT2D eigenvalue weighted by molar-refractivity contribution is 7.47. The first-order valence-corrected chi connectivity index (χ1v) is 22.5. The molecule has 0 rings (SSSR count). The molecule has 1 unspecified atom stereocenters. The third-order valence-electron chi connectivity index (χ3n) is 8.51. The number of hydrogen-bond acceptors (Lipinski definition) is 8. The average Bonchev–Trinajstić information content (AvgIpc) is 3.16. The highest BCUT2D eigenvalue weighted by Gasteiger charge is 2.27. The third kappa shape index (κ3) is 39.4. The van der Waals surface area contributed by atoms with Crippen molar-refractivity contribution in [2.45, 2.75) is 167 Å². The number of carbonyl (C=O) groups is 2. The van der Waals surface area contributed by atoms with Crippen LogP contribution in [0.5, 0.6) is 0 Å². The maximum Gasteiger partial charge on any atom is 0.472 e. The van der Waals surface area contributed by atoms with Gasteiger partial charge in [-0.15, -0.1) is 0 Å². The van der Waals surface area contributed by atoms with Crippen LogP contribution in [0.3, 0.4) is 0 Å². The number of hydrogen-bond donors (Lipinski definition) is 3. The van der Waals surface area contributed by atoms with Gasteiger partial charge in [-0.05, 0) is 51.4 Å². The fraction of sp³-hybridized carbons (Fsp3) is 0.682. The van der Waals surface area contributed by atoms with Crippen LogP contribution in [0.1, 0.15) is 155 Å². The van der Waals surface area contributed by atoms with Gasteiger partial charge in [-0.2, -0.15) is 0 Å². The van der Waals surface area contributed by atoms with Crippen molar-refractivity contribution in [2.24, 2.45) is 5.73 Å². The molecule has 0 radical (unpaired) electrons. The van der Waals surface area contributed by atoms with E-state index in [1.165, 1.54) is 70.6 Å². The fourth-order valence-corrected chi connectivity index (χ4v) is 6.05. The number of carbonyl (C=O) groups excluding carboxylic acids is 1. The van der Waals surface area contributed by atoms with Gasteiger partial charge in [0.2, 0.25) is 0 Å². The number of phosphoric acid groups is 1. The predicted octanol–water partition coefficient (Wildman–Crippen LogP) is 11.4. The Kier molecular flexibility index (Phi) is 37.8. The molecule has 3 atom stereocenters. The molecule has 11 heteroatoms. The number of phosphoric ester groups is 1. The van der Waals surface area contributed by atoms with Crippen LogP contribution >= 0.6 is 7.82 Å². The lowest BCUT2D eigenvalue weighted by Gasteiger charge is -2.20. The monoisotopic (exact) mass is 794 g/mol. The second-order valence-corrected chi connectivity index (χ2v) is 15.2. The Balaban J connectivity index is 4.40. The Bertz CT molecular complexity index is 1150. The molecule has 0 amide bonds. The summed E-state index contributed by atoms with van der Waals surface area (Å²) in [5.74, 6) is -1.87. The summed E-state index contributed by atoms with van der Waals surface area (Å²) in [5, 5.41) is 8.88. The molecule has 0 aliphatic carbocycles. The number of nitrogens with two attached hydrogens (primary N) is 1. The van der Waals surface area contributed by atoms with E-state index in [-0.39, 0.29) is 13.0 Å². The standard InChI is InChI=1S/C44H76NO9P/c1-3-5-7-9-11-13-15-17-19-20-21-22-23-24-26-28-30-32-34-36-43(46)54-41(39-52-55(49,50)53-40-42(45)44(47)48)38-51-37-35-33-31-29-27-25-18-16-14-12-10-8-6-4-2/h5,7,11,13,17,19,21-22,24,26,30,32,41-42H,3-4,6,8-10,12,14-16,18,20,23,25,27-29,31,33-40,45H2,1-2H3,(H,47,48)(H,49,50)/b7-5-,13-11-,19-17-,22-21-,26-24-,32-30-/t41-,42+/m1/s1. The minimum absolute atomic E-state index is 0.0151. The van der Waals surface area contributed by atoms with Crippen molar-refractivity contribution in [3.63, 3.8) is 0 Å². The van der Waals surface area contributed by atoms with Crippen LogP contribution in [0, 0.1) is 0 Å². The summed E-state index contributed by atoms with van der Waals surface area (Å²) in [7, 11) is -4.64. The third-order valence-corrected chi connectivity index (χ3v) is 9.46. The largest absolute Gasteiger partial charge is 0.480 e. The molecule has 0 spiro atoms. The van der Waals surface area contributed by atoms with Crippen molar-refractivity contribution in [2.75, 3.05) is 26.4 Å². The summed E-state index contributed by atoms with van der Waals surface area (Å²) in [4.78, 5) is 33.5. The van der Waals surface area contributed by atoms with Crippen molar-refractivity contribution in [1.29, 1.82) is 0 Å². The van der Waals surface area contributed by atoms with E-state index >= 15 is 0 Å². The molecule has 0 heterocycles. The van der Waals surface area contributed by atoms with Crippen molar-refractivity contribution >= 4 is 19.8 Å². The van der Waals surface area contributed by atoms with Crippen molar-refractivity contribution in [1.82, 2.24) is 0 Å². The van der Waals surface area contributed by atoms with E-state index in [9.17, 15) is 19.0 Å². The highest BCUT2D eigenvalue weighted by atomic mass is 31.2. The summed E-state index contributed by atoms with van der Waals surface area (Å²) in [6, 6.07) is -1.49. The molecular formula is C44H76NO9P. The lowest BCUT2D eigenvalue weighted by molar-refractivity contribution is -0.154. The molecule has 0 fully saturated rings. The average molecular weight is 794 g/mol. The topological polar surface area (TPSA) is 155 Å². The first kappa shape index (κ1) is 52.4. The summed E-state index contributed by atoms with van der Waals surface area (Å²) < 4.78 is 33.2. The molecule has 55 heavy (non-hydrogen) atoms. The number of carboxylic acid groups (broad SMARTS) is 1. The molecule has 0 aromatic rings. The van der Waals surface area contributed by atoms with Crippen LogP contribution in [0.2, 0.25) is 0 Å². The van der Waals surface area contributed by atoms with E-state index in [1.807, 2.05) is 12.2 Å². The lowest BCUT2D eigenvalue weighted by atomic mass is 10.0. The Morgan fingerprint density at radius 1 is 0.600 bits per heavy atom. The van der Waals surface area contributed by atoms with Gasteiger partial charge in [0, 0.05) is 13.0 Å². The summed E-state index contributed by atoms with van der Waals surface area (Å²) in [6.45, 7) is 3.66. The lowest BCUT2D eigenvalue weighted by Crippen LogP contribution is -2.34.